The summed E-state index contributed by atoms with van der Waals surface area (Å²) in [5.74, 6) is 0.399. The lowest BCUT2D eigenvalue weighted by Gasteiger charge is -2.32. The Kier molecular flexibility index (Phi) is 6.08. The molecule has 2 aliphatic heterocycles. The Bertz CT molecular complexity index is 1250. The van der Waals surface area contributed by atoms with Gasteiger partial charge in [0.2, 0.25) is 0 Å². The highest BCUT2D eigenvalue weighted by molar-refractivity contribution is 5.83. The van der Waals surface area contributed by atoms with Gasteiger partial charge >= 0.3 is 0 Å². The van der Waals surface area contributed by atoms with Crippen molar-refractivity contribution in [3.8, 4) is 11.4 Å². The highest BCUT2D eigenvalue weighted by Gasteiger charge is 2.36. The van der Waals surface area contributed by atoms with Crippen molar-refractivity contribution in [3.63, 3.8) is 0 Å². The predicted octanol–water partition coefficient (Wildman–Crippen LogP) is 4.22. The predicted molar refractivity (Wildman–Crippen MR) is 133 cm³/mol. The first-order valence-electron chi connectivity index (χ1n) is 12.0. The molecule has 0 radical (unpaired) electrons. The number of benzene rings is 2. The highest BCUT2D eigenvalue weighted by Crippen LogP contribution is 2.32. The molecule has 6 nitrogen and oxygen atoms in total. The molecule has 2 aliphatic rings. The summed E-state index contributed by atoms with van der Waals surface area (Å²) in [6, 6.07) is 12.4. The van der Waals surface area contributed by atoms with Crippen LogP contribution in [-0.2, 0) is 4.74 Å². The Labute approximate surface area is 199 Å². The van der Waals surface area contributed by atoms with Crippen molar-refractivity contribution in [3.05, 3.63) is 64.8 Å². The van der Waals surface area contributed by atoms with Gasteiger partial charge in [-0.15, -0.1) is 0 Å². The van der Waals surface area contributed by atoms with E-state index in [1.165, 1.54) is 10.6 Å². The summed E-state index contributed by atoms with van der Waals surface area (Å²) in [5, 5.41) is 1.36. The van der Waals surface area contributed by atoms with E-state index in [1.54, 1.807) is 18.3 Å². The molecule has 5 rings (SSSR count). The van der Waals surface area contributed by atoms with Crippen LogP contribution in [0.15, 0.2) is 53.5 Å². The number of nitrogens with zero attached hydrogens (tertiary/aromatic N) is 3. The molecule has 7 heteroatoms. The van der Waals surface area contributed by atoms with Gasteiger partial charge in [0.25, 0.3) is 5.56 Å². The molecule has 0 spiro atoms. The summed E-state index contributed by atoms with van der Waals surface area (Å²) in [7, 11) is 4.13. The minimum atomic E-state index is -0.314. The van der Waals surface area contributed by atoms with E-state index < -0.39 is 0 Å². The van der Waals surface area contributed by atoms with E-state index in [1.807, 2.05) is 24.3 Å². The van der Waals surface area contributed by atoms with Crippen molar-refractivity contribution in [1.82, 2.24) is 9.47 Å². The number of anilines is 1. The first kappa shape index (κ1) is 22.9. The fraction of sp³-hybridized carbons (Fsp3) is 0.444. The van der Waals surface area contributed by atoms with Crippen molar-refractivity contribution in [1.29, 1.82) is 0 Å². The number of hydrogen-bond donors (Lipinski definition) is 0. The van der Waals surface area contributed by atoms with Crippen LogP contribution in [0.1, 0.15) is 26.2 Å². The van der Waals surface area contributed by atoms with Crippen LogP contribution in [0.4, 0.5) is 10.1 Å². The van der Waals surface area contributed by atoms with Gasteiger partial charge in [-0.3, -0.25) is 9.36 Å². The first-order valence-corrected chi connectivity index (χ1v) is 12.0. The molecule has 2 unspecified atom stereocenters. The van der Waals surface area contributed by atoms with Gasteiger partial charge in [-0.2, -0.15) is 0 Å². The van der Waals surface area contributed by atoms with E-state index in [-0.39, 0.29) is 23.0 Å². The van der Waals surface area contributed by atoms with Crippen LogP contribution in [0.5, 0.6) is 5.75 Å². The molecular weight excluding hydrogens is 433 g/mol. The smallest absolute Gasteiger partial charge is 0.262 e. The molecule has 0 N–H and O–H groups in total. The molecule has 2 saturated heterocycles. The minimum absolute atomic E-state index is 0.0209. The van der Waals surface area contributed by atoms with Crippen LogP contribution in [0.2, 0.25) is 0 Å². The van der Waals surface area contributed by atoms with Crippen LogP contribution >= 0.6 is 0 Å². The number of pyridine rings is 1. The van der Waals surface area contributed by atoms with Gasteiger partial charge in [-0.05, 0) is 82.1 Å². The summed E-state index contributed by atoms with van der Waals surface area (Å²) in [5.41, 5.74) is 0.932. The number of hydrogen-bond acceptors (Lipinski definition) is 5. The van der Waals surface area contributed by atoms with Crippen molar-refractivity contribution < 1.29 is 13.9 Å². The van der Waals surface area contributed by atoms with E-state index >= 15 is 4.39 Å². The van der Waals surface area contributed by atoms with E-state index in [0.29, 0.717) is 29.1 Å². The second kappa shape index (κ2) is 9.04. The fourth-order valence-corrected chi connectivity index (χ4v) is 4.90. The fourth-order valence-electron chi connectivity index (χ4n) is 4.90. The molecule has 2 atom stereocenters. The quantitative estimate of drug-likeness (QED) is 0.546. The molecule has 3 aromatic rings. The van der Waals surface area contributed by atoms with Crippen LogP contribution in [0, 0.1) is 5.82 Å². The SMILES string of the molecule is CN(C)C1(C)CCN(c2ccc(-n3ccc4cc(OCC5CCCO5)ccc4c3=O)cc2F)C1. The summed E-state index contributed by atoms with van der Waals surface area (Å²) >= 11 is 0. The van der Waals surface area contributed by atoms with Gasteiger partial charge in [0.05, 0.1) is 17.5 Å². The lowest BCUT2D eigenvalue weighted by molar-refractivity contribution is 0.0680. The molecule has 180 valence electrons. The Morgan fingerprint density at radius 1 is 1.21 bits per heavy atom. The largest absolute Gasteiger partial charge is 0.491 e. The number of fused-ring (bicyclic) bond motifs is 1. The van der Waals surface area contributed by atoms with Gasteiger partial charge < -0.3 is 19.3 Å². The van der Waals surface area contributed by atoms with Crippen molar-refractivity contribution in [2.24, 2.45) is 0 Å². The summed E-state index contributed by atoms with van der Waals surface area (Å²) in [4.78, 5) is 17.5. The summed E-state index contributed by atoms with van der Waals surface area (Å²) in [6.45, 7) is 5.08. The average molecular weight is 466 g/mol. The van der Waals surface area contributed by atoms with Gasteiger partial charge in [-0.25, -0.2) is 4.39 Å². The second-order valence-electron chi connectivity index (χ2n) is 9.88. The van der Waals surface area contributed by atoms with Crippen LogP contribution in [0.25, 0.3) is 16.5 Å². The number of rotatable bonds is 6. The third-order valence-corrected chi connectivity index (χ3v) is 7.42. The number of aromatic nitrogens is 1. The van der Waals surface area contributed by atoms with E-state index in [4.69, 9.17) is 9.47 Å². The Hall–Kier alpha value is -2.90. The number of likely N-dealkylation sites (N-methyl/N-ethyl adjacent to an activating group) is 1. The Morgan fingerprint density at radius 2 is 2.06 bits per heavy atom. The van der Waals surface area contributed by atoms with Gasteiger partial charge in [0.15, 0.2) is 0 Å². The third-order valence-electron chi connectivity index (χ3n) is 7.42. The second-order valence-corrected chi connectivity index (χ2v) is 9.88. The van der Waals surface area contributed by atoms with Crippen molar-refractivity contribution in [2.45, 2.75) is 37.8 Å². The zero-order valence-electron chi connectivity index (χ0n) is 20.1. The zero-order valence-corrected chi connectivity index (χ0v) is 20.1. The molecule has 1 aromatic heterocycles. The van der Waals surface area contributed by atoms with Crippen molar-refractivity contribution in [2.75, 3.05) is 45.3 Å². The Balaban J connectivity index is 1.37. The Morgan fingerprint density at radius 3 is 2.76 bits per heavy atom. The molecule has 2 aromatic carbocycles. The zero-order chi connectivity index (χ0) is 23.9. The molecule has 0 amide bonds. The molecule has 2 fully saturated rings. The standard InChI is InChI=1S/C27H32FN3O3/c1-27(29(2)3)11-13-30(18-27)25-9-6-20(16-24(25)28)31-12-10-19-15-21(7-8-23(19)26(31)32)34-17-22-5-4-14-33-22/h6-10,12,15-16,22H,4-5,11,13-14,17-18H2,1-3H3. The lowest BCUT2D eigenvalue weighted by Crippen LogP contribution is -2.43. The summed E-state index contributed by atoms with van der Waals surface area (Å²) in [6.07, 6.45) is 4.90. The van der Waals surface area contributed by atoms with Gasteiger partial charge in [-0.1, -0.05) is 0 Å². The van der Waals surface area contributed by atoms with Gasteiger partial charge in [0, 0.05) is 42.9 Å². The maximum Gasteiger partial charge on any atom is 0.262 e. The minimum Gasteiger partial charge on any atom is -0.491 e. The monoisotopic (exact) mass is 465 g/mol. The van der Waals surface area contributed by atoms with E-state index in [2.05, 4.69) is 30.8 Å². The molecule has 34 heavy (non-hydrogen) atoms. The molecule has 0 aliphatic carbocycles. The highest BCUT2D eigenvalue weighted by atomic mass is 19.1. The van der Waals surface area contributed by atoms with E-state index in [0.717, 1.165) is 44.3 Å². The topological polar surface area (TPSA) is 46.9 Å². The maximum atomic E-state index is 15.2. The third kappa shape index (κ3) is 4.30. The van der Waals surface area contributed by atoms with Crippen LogP contribution < -0.4 is 15.2 Å². The van der Waals surface area contributed by atoms with Gasteiger partial charge in [0.1, 0.15) is 18.2 Å². The van der Waals surface area contributed by atoms with E-state index in [9.17, 15) is 4.79 Å². The molecular formula is C27H32FN3O3. The lowest BCUT2D eigenvalue weighted by atomic mass is 10.0. The maximum absolute atomic E-state index is 15.2. The number of halogens is 1. The molecule has 0 saturated carbocycles. The van der Waals surface area contributed by atoms with Crippen LogP contribution in [0.3, 0.4) is 0 Å². The summed E-state index contributed by atoms with van der Waals surface area (Å²) < 4.78 is 28.1. The molecule has 0 bridgehead atoms. The normalized spacial score (nSPS) is 22.7. The number of ether oxygens (including phenoxy) is 2. The molecule has 3 heterocycles. The average Bonchev–Trinajstić information content (AvgIpc) is 3.48. The van der Waals surface area contributed by atoms with Crippen LogP contribution in [-0.4, -0.2) is 61.5 Å². The van der Waals surface area contributed by atoms with Crippen molar-refractivity contribution >= 4 is 16.5 Å². The first-order chi connectivity index (χ1) is 16.3.